The van der Waals surface area contributed by atoms with Gasteiger partial charge in [0.25, 0.3) is 0 Å². The van der Waals surface area contributed by atoms with Crippen molar-refractivity contribution in [3.8, 4) is 17.9 Å². The van der Waals surface area contributed by atoms with Gasteiger partial charge in [0.2, 0.25) is 0 Å². The molecule has 1 aromatic carbocycles. The van der Waals surface area contributed by atoms with Crippen molar-refractivity contribution in [1.82, 2.24) is 0 Å². The lowest BCUT2D eigenvalue weighted by Gasteiger charge is -2.03. The summed E-state index contributed by atoms with van der Waals surface area (Å²) in [6.07, 6.45) is 0.255. The van der Waals surface area contributed by atoms with Gasteiger partial charge < -0.3 is 5.11 Å². The van der Waals surface area contributed by atoms with E-state index in [1.807, 2.05) is 19.1 Å². The van der Waals surface area contributed by atoms with Crippen LogP contribution in [0, 0.1) is 29.6 Å². The van der Waals surface area contributed by atoms with Crippen LogP contribution in [0.5, 0.6) is 5.75 Å². The van der Waals surface area contributed by atoms with Gasteiger partial charge >= 0.3 is 0 Å². The predicted molar refractivity (Wildman–Crippen MR) is 46.9 cm³/mol. The summed E-state index contributed by atoms with van der Waals surface area (Å²) < 4.78 is 0. The number of hydrogen-bond donors (Lipinski definition) is 1. The van der Waals surface area contributed by atoms with Gasteiger partial charge in [-0.05, 0) is 30.2 Å². The van der Waals surface area contributed by atoms with Crippen LogP contribution in [0.1, 0.15) is 16.7 Å². The molecule has 64 valence electrons. The molecule has 1 N–H and O–H groups in total. The van der Waals surface area contributed by atoms with Crippen molar-refractivity contribution in [3.05, 3.63) is 28.8 Å². The fourth-order valence-electron chi connectivity index (χ4n) is 1.10. The third-order valence-corrected chi connectivity index (χ3v) is 1.84. The van der Waals surface area contributed by atoms with Crippen molar-refractivity contribution in [1.29, 1.82) is 10.5 Å². The second kappa shape index (κ2) is 3.60. The smallest absolute Gasteiger partial charge is 0.133 e. The number of benzene rings is 1. The van der Waals surface area contributed by atoms with E-state index in [2.05, 4.69) is 0 Å². The maximum absolute atomic E-state index is 9.31. The summed E-state index contributed by atoms with van der Waals surface area (Å²) in [7, 11) is 0. The first-order chi connectivity index (χ1) is 6.19. The fraction of sp³-hybridized carbons (Fsp3) is 0.200. The van der Waals surface area contributed by atoms with Crippen LogP contribution < -0.4 is 0 Å². The van der Waals surface area contributed by atoms with Gasteiger partial charge in [-0.2, -0.15) is 10.5 Å². The number of rotatable bonds is 1. The van der Waals surface area contributed by atoms with Gasteiger partial charge in [0.05, 0.1) is 18.1 Å². The summed E-state index contributed by atoms with van der Waals surface area (Å²) in [5, 5.41) is 26.4. The number of hydrogen-bond acceptors (Lipinski definition) is 3. The van der Waals surface area contributed by atoms with Crippen LogP contribution in [0.3, 0.4) is 0 Å². The zero-order chi connectivity index (χ0) is 9.84. The fourth-order valence-corrected chi connectivity index (χ4v) is 1.10. The minimum atomic E-state index is -0.0571. The lowest BCUT2D eigenvalue weighted by atomic mass is 10.0. The lowest BCUT2D eigenvalue weighted by molar-refractivity contribution is 0.473. The highest BCUT2D eigenvalue weighted by molar-refractivity contribution is 5.48. The standard InChI is InChI=1S/C10H8N2O/c1-7-4-9(6-12)10(13)5-8(7)2-3-11/h4-5,13H,2H2,1H3. The van der Waals surface area contributed by atoms with Crippen LogP contribution in [0.25, 0.3) is 0 Å². The topological polar surface area (TPSA) is 67.8 Å². The van der Waals surface area contributed by atoms with E-state index in [1.54, 1.807) is 6.07 Å². The molecule has 0 unspecified atom stereocenters. The number of aryl methyl sites for hydroxylation is 1. The largest absolute Gasteiger partial charge is 0.507 e. The summed E-state index contributed by atoms with van der Waals surface area (Å²) in [6.45, 7) is 1.81. The zero-order valence-corrected chi connectivity index (χ0v) is 7.20. The van der Waals surface area contributed by atoms with Crippen molar-refractivity contribution >= 4 is 0 Å². The molecule has 0 saturated heterocycles. The van der Waals surface area contributed by atoms with Gasteiger partial charge in [0.15, 0.2) is 0 Å². The van der Waals surface area contributed by atoms with Gasteiger partial charge in [-0.15, -0.1) is 0 Å². The molecule has 3 nitrogen and oxygen atoms in total. The van der Waals surface area contributed by atoms with E-state index in [1.165, 1.54) is 6.07 Å². The summed E-state index contributed by atoms with van der Waals surface area (Å²) in [4.78, 5) is 0. The van der Waals surface area contributed by atoms with Crippen LogP contribution >= 0.6 is 0 Å². The molecule has 1 aromatic rings. The molecule has 0 aliphatic heterocycles. The monoisotopic (exact) mass is 172 g/mol. The van der Waals surface area contributed by atoms with E-state index >= 15 is 0 Å². The molecule has 0 atom stereocenters. The number of phenolic OH excluding ortho intramolecular Hbond substituents is 1. The third kappa shape index (κ3) is 1.77. The highest BCUT2D eigenvalue weighted by Crippen LogP contribution is 2.21. The molecular weight excluding hydrogens is 164 g/mol. The van der Waals surface area contributed by atoms with Crippen molar-refractivity contribution in [2.75, 3.05) is 0 Å². The average molecular weight is 172 g/mol. The van der Waals surface area contributed by atoms with Crippen LogP contribution in [0.2, 0.25) is 0 Å². The van der Waals surface area contributed by atoms with E-state index in [4.69, 9.17) is 10.5 Å². The predicted octanol–water partition coefficient (Wildman–Crippen LogP) is 1.64. The molecular formula is C10H8N2O. The maximum Gasteiger partial charge on any atom is 0.133 e. The first-order valence-electron chi connectivity index (χ1n) is 3.78. The Hall–Kier alpha value is -2.00. The van der Waals surface area contributed by atoms with Crippen LogP contribution in [0.4, 0.5) is 0 Å². The first-order valence-corrected chi connectivity index (χ1v) is 3.78. The Balaban J connectivity index is 3.24. The Morgan fingerprint density at radius 3 is 2.62 bits per heavy atom. The molecule has 0 bridgehead atoms. The number of nitriles is 2. The van der Waals surface area contributed by atoms with Gasteiger partial charge in [-0.25, -0.2) is 0 Å². The zero-order valence-electron chi connectivity index (χ0n) is 7.20. The minimum absolute atomic E-state index is 0.0571. The van der Waals surface area contributed by atoms with Crippen LogP contribution in [-0.4, -0.2) is 5.11 Å². The first kappa shape index (κ1) is 9.09. The molecule has 0 amide bonds. The Kier molecular flexibility index (Phi) is 2.52. The second-order valence-electron chi connectivity index (χ2n) is 2.74. The molecule has 0 aliphatic carbocycles. The van der Waals surface area contributed by atoms with E-state index in [-0.39, 0.29) is 17.7 Å². The lowest BCUT2D eigenvalue weighted by Crippen LogP contribution is -1.89. The molecule has 3 heteroatoms. The van der Waals surface area contributed by atoms with Crippen molar-refractivity contribution in [2.45, 2.75) is 13.3 Å². The average Bonchev–Trinajstić information content (AvgIpc) is 2.11. The van der Waals surface area contributed by atoms with E-state index in [9.17, 15) is 5.11 Å². The van der Waals surface area contributed by atoms with Crippen LogP contribution in [0.15, 0.2) is 12.1 Å². The normalized spacial score (nSPS) is 8.85. The van der Waals surface area contributed by atoms with Crippen molar-refractivity contribution < 1.29 is 5.11 Å². The van der Waals surface area contributed by atoms with Gasteiger partial charge in [0, 0.05) is 0 Å². The highest BCUT2D eigenvalue weighted by atomic mass is 16.3. The molecule has 1 rings (SSSR count). The number of nitrogens with zero attached hydrogens (tertiary/aromatic N) is 2. The summed E-state index contributed by atoms with van der Waals surface area (Å²) in [6, 6.07) is 6.92. The van der Waals surface area contributed by atoms with Gasteiger partial charge in [0.1, 0.15) is 11.8 Å². The molecule has 13 heavy (non-hydrogen) atoms. The highest BCUT2D eigenvalue weighted by Gasteiger charge is 2.05. The summed E-state index contributed by atoms with van der Waals surface area (Å²) in [5.41, 5.74) is 1.87. The van der Waals surface area contributed by atoms with Gasteiger partial charge in [-0.3, -0.25) is 0 Å². The van der Waals surface area contributed by atoms with E-state index < -0.39 is 0 Å². The Morgan fingerprint density at radius 1 is 1.38 bits per heavy atom. The Morgan fingerprint density at radius 2 is 2.08 bits per heavy atom. The van der Waals surface area contributed by atoms with E-state index in [0.717, 1.165) is 11.1 Å². The van der Waals surface area contributed by atoms with E-state index in [0.29, 0.717) is 0 Å². The molecule has 0 fully saturated rings. The molecule has 0 radical (unpaired) electrons. The quantitative estimate of drug-likeness (QED) is 0.700. The molecule has 0 spiro atoms. The minimum Gasteiger partial charge on any atom is -0.507 e. The maximum atomic E-state index is 9.31. The number of phenols is 1. The number of aromatic hydroxyl groups is 1. The second-order valence-corrected chi connectivity index (χ2v) is 2.74. The van der Waals surface area contributed by atoms with Crippen molar-refractivity contribution in [3.63, 3.8) is 0 Å². The van der Waals surface area contributed by atoms with Gasteiger partial charge in [-0.1, -0.05) is 0 Å². The van der Waals surface area contributed by atoms with Crippen molar-refractivity contribution in [2.24, 2.45) is 0 Å². The molecule has 0 heterocycles. The molecule has 0 aromatic heterocycles. The summed E-state index contributed by atoms with van der Waals surface area (Å²) in [5.74, 6) is -0.0571. The Labute approximate surface area is 76.5 Å². The Bertz CT molecular complexity index is 410. The molecule has 0 saturated carbocycles. The molecule has 0 aliphatic rings. The third-order valence-electron chi connectivity index (χ3n) is 1.84. The SMILES string of the molecule is Cc1cc(C#N)c(O)cc1CC#N. The summed E-state index contributed by atoms with van der Waals surface area (Å²) >= 11 is 0. The van der Waals surface area contributed by atoms with Crippen LogP contribution in [-0.2, 0) is 6.42 Å².